The summed E-state index contributed by atoms with van der Waals surface area (Å²) in [5.74, 6) is 1.62. The molecule has 2 aromatic carbocycles. The maximum atomic E-state index is 5.79. The lowest BCUT2D eigenvalue weighted by atomic mass is 10.0. The van der Waals surface area contributed by atoms with E-state index >= 15 is 0 Å². The molecule has 140 valence electrons. The maximum absolute atomic E-state index is 5.79. The number of methoxy groups -OCH3 is 1. The molecule has 2 rings (SSSR count). The first-order valence-electron chi connectivity index (χ1n) is 9.38. The van der Waals surface area contributed by atoms with Gasteiger partial charge in [-0.15, -0.1) is 6.58 Å². The molecule has 0 bridgehead atoms. The highest BCUT2D eigenvalue weighted by Crippen LogP contribution is 2.33. The van der Waals surface area contributed by atoms with Crippen molar-refractivity contribution in [2.24, 2.45) is 0 Å². The van der Waals surface area contributed by atoms with E-state index in [0.29, 0.717) is 12.6 Å². The van der Waals surface area contributed by atoms with Crippen LogP contribution in [0, 0.1) is 0 Å². The molecule has 1 atom stereocenters. The van der Waals surface area contributed by atoms with Crippen LogP contribution in [0.1, 0.15) is 37.0 Å². The summed E-state index contributed by atoms with van der Waals surface area (Å²) in [5, 5.41) is 3.62. The van der Waals surface area contributed by atoms with Gasteiger partial charge in [0, 0.05) is 18.2 Å². The standard InChI is InChI=1S/C23H31NO2/c1-5-10-21-15-20(16-22(25-4)23(21)26-6-2)17-24-18(3)13-14-19-11-8-7-9-12-19/h5,7-9,11-12,15-16,18,24H,1,6,10,13-14,17H2,2-4H3. The molecule has 3 nitrogen and oxygen atoms in total. The lowest BCUT2D eigenvalue weighted by Crippen LogP contribution is -2.26. The van der Waals surface area contributed by atoms with E-state index < -0.39 is 0 Å². The molecule has 0 spiro atoms. The van der Waals surface area contributed by atoms with Crippen molar-refractivity contribution >= 4 is 0 Å². The largest absolute Gasteiger partial charge is 0.493 e. The van der Waals surface area contributed by atoms with Gasteiger partial charge in [0.2, 0.25) is 0 Å². The fourth-order valence-electron chi connectivity index (χ4n) is 3.01. The van der Waals surface area contributed by atoms with Crippen LogP contribution >= 0.6 is 0 Å². The van der Waals surface area contributed by atoms with Crippen molar-refractivity contribution in [3.63, 3.8) is 0 Å². The normalized spacial score (nSPS) is 11.8. The zero-order valence-corrected chi connectivity index (χ0v) is 16.3. The first-order chi connectivity index (χ1) is 12.7. The van der Waals surface area contributed by atoms with Gasteiger partial charge < -0.3 is 14.8 Å². The van der Waals surface area contributed by atoms with Crippen LogP contribution in [0.5, 0.6) is 11.5 Å². The number of hydrogen-bond donors (Lipinski definition) is 1. The van der Waals surface area contributed by atoms with E-state index in [0.717, 1.165) is 42.9 Å². The van der Waals surface area contributed by atoms with Gasteiger partial charge in [-0.1, -0.05) is 42.5 Å². The van der Waals surface area contributed by atoms with Crippen molar-refractivity contribution in [1.29, 1.82) is 0 Å². The minimum Gasteiger partial charge on any atom is -0.493 e. The molecule has 2 aromatic rings. The van der Waals surface area contributed by atoms with Gasteiger partial charge >= 0.3 is 0 Å². The number of benzene rings is 2. The van der Waals surface area contributed by atoms with Gasteiger partial charge in [0.25, 0.3) is 0 Å². The van der Waals surface area contributed by atoms with Crippen molar-refractivity contribution < 1.29 is 9.47 Å². The molecular formula is C23H31NO2. The second-order valence-electron chi connectivity index (χ2n) is 6.52. The van der Waals surface area contributed by atoms with Crippen molar-refractivity contribution in [3.05, 3.63) is 71.8 Å². The van der Waals surface area contributed by atoms with Crippen LogP contribution in [0.25, 0.3) is 0 Å². The Hall–Kier alpha value is -2.26. The van der Waals surface area contributed by atoms with E-state index in [1.54, 1.807) is 7.11 Å². The molecule has 0 saturated carbocycles. The summed E-state index contributed by atoms with van der Waals surface area (Å²) >= 11 is 0. The topological polar surface area (TPSA) is 30.5 Å². The quantitative estimate of drug-likeness (QED) is 0.581. The fraction of sp³-hybridized carbons (Fsp3) is 0.391. The average Bonchev–Trinajstić information content (AvgIpc) is 2.67. The Kier molecular flexibility index (Phi) is 8.23. The number of ether oxygens (including phenoxy) is 2. The number of aryl methyl sites for hydroxylation is 1. The summed E-state index contributed by atoms with van der Waals surface area (Å²) in [6.07, 6.45) is 4.86. The fourth-order valence-corrected chi connectivity index (χ4v) is 3.01. The van der Waals surface area contributed by atoms with Crippen LogP contribution in [0.4, 0.5) is 0 Å². The minimum absolute atomic E-state index is 0.440. The van der Waals surface area contributed by atoms with Crippen LogP contribution in [-0.4, -0.2) is 19.8 Å². The van der Waals surface area contributed by atoms with E-state index in [2.05, 4.69) is 61.3 Å². The molecule has 3 heteroatoms. The Morgan fingerprint density at radius 3 is 2.58 bits per heavy atom. The van der Waals surface area contributed by atoms with E-state index in [1.165, 1.54) is 11.1 Å². The second-order valence-corrected chi connectivity index (χ2v) is 6.52. The Balaban J connectivity index is 1.99. The molecule has 0 aromatic heterocycles. The first kappa shape index (κ1) is 20.1. The monoisotopic (exact) mass is 353 g/mol. The molecule has 0 radical (unpaired) electrons. The molecule has 0 fully saturated rings. The second kappa shape index (κ2) is 10.7. The predicted molar refractivity (Wildman–Crippen MR) is 109 cm³/mol. The van der Waals surface area contributed by atoms with E-state index in [4.69, 9.17) is 9.47 Å². The van der Waals surface area contributed by atoms with Crippen LogP contribution in [-0.2, 0) is 19.4 Å². The Morgan fingerprint density at radius 2 is 1.92 bits per heavy atom. The van der Waals surface area contributed by atoms with Crippen LogP contribution < -0.4 is 14.8 Å². The highest BCUT2D eigenvalue weighted by molar-refractivity contribution is 5.50. The third-order valence-corrected chi connectivity index (χ3v) is 4.43. The summed E-state index contributed by atoms with van der Waals surface area (Å²) in [5.41, 5.74) is 3.71. The molecule has 0 aliphatic heterocycles. The highest BCUT2D eigenvalue weighted by atomic mass is 16.5. The van der Waals surface area contributed by atoms with Gasteiger partial charge in [-0.25, -0.2) is 0 Å². The lowest BCUT2D eigenvalue weighted by Gasteiger charge is -2.18. The van der Waals surface area contributed by atoms with E-state index in [9.17, 15) is 0 Å². The zero-order chi connectivity index (χ0) is 18.8. The molecule has 1 unspecified atom stereocenters. The maximum Gasteiger partial charge on any atom is 0.164 e. The van der Waals surface area contributed by atoms with E-state index in [1.807, 2.05) is 13.0 Å². The number of nitrogens with one attached hydrogen (secondary N) is 1. The summed E-state index contributed by atoms with van der Waals surface area (Å²) in [6, 6.07) is 15.3. The Bertz CT molecular complexity index is 682. The van der Waals surface area contributed by atoms with Crippen LogP contribution in [0.2, 0.25) is 0 Å². The molecule has 1 N–H and O–H groups in total. The Labute approximate surface area is 158 Å². The van der Waals surface area contributed by atoms with Gasteiger partial charge in [0.05, 0.1) is 13.7 Å². The molecule has 0 amide bonds. The molecule has 0 aliphatic carbocycles. The Morgan fingerprint density at radius 1 is 1.15 bits per heavy atom. The van der Waals surface area contributed by atoms with Crippen molar-refractivity contribution in [1.82, 2.24) is 5.32 Å². The molecular weight excluding hydrogens is 322 g/mol. The summed E-state index contributed by atoms with van der Waals surface area (Å²) in [7, 11) is 1.69. The first-order valence-corrected chi connectivity index (χ1v) is 9.38. The molecule has 0 heterocycles. The minimum atomic E-state index is 0.440. The summed E-state index contributed by atoms with van der Waals surface area (Å²) in [6.45, 7) is 9.51. The number of rotatable bonds is 11. The van der Waals surface area contributed by atoms with Crippen LogP contribution in [0.3, 0.4) is 0 Å². The van der Waals surface area contributed by atoms with Gasteiger partial charge in [-0.3, -0.25) is 0 Å². The van der Waals surface area contributed by atoms with Crippen molar-refractivity contribution in [3.8, 4) is 11.5 Å². The number of hydrogen-bond acceptors (Lipinski definition) is 3. The zero-order valence-electron chi connectivity index (χ0n) is 16.3. The highest BCUT2D eigenvalue weighted by Gasteiger charge is 2.13. The van der Waals surface area contributed by atoms with Gasteiger partial charge in [0.15, 0.2) is 11.5 Å². The van der Waals surface area contributed by atoms with Crippen molar-refractivity contribution in [2.75, 3.05) is 13.7 Å². The van der Waals surface area contributed by atoms with Gasteiger partial charge in [-0.2, -0.15) is 0 Å². The molecule has 0 saturated heterocycles. The smallest absolute Gasteiger partial charge is 0.164 e. The average molecular weight is 354 g/mol. The summed E-state index contributed by atoms with van der Waals surface area (Å²) < 4.78 is 11.3. The third-order valence-electron chi connectivity index (χ3n) is 4.43. The summed E-state index contributed by atoms with van der Waals surface area (Å²) in [4.78, 5) is 0. The number of allylic oxidation sites excluding steroid dienone is 1. The van der Waals surface area contributed by atoms with E-state index in [-0.39, 0.29) is 0 Å². The third kappa shape index (κ3) is 5.92. The predicted octanol–water partition coefficient (Wildman–Crippen LogP) is 4.93. The van der Waals surface area contributed by atoms with Crippen LogP contribution in [0.15, 0.2) is 55.1 Å². The molecule has 26 heavy (non-hydrogen) atoms. The lowest BCUT2D eigenvalue weighted by molar-refractivity contribution is 0.308. The SMILES string of the molecule is C=CCc1cc(CNC(C)CCc2ccccc2)cc(OC)c1OCC. The van der Waals surface area contributed by atoms with Gasteiger partial charge in [0.1, 0.15) is 0 Å². The van der Waals surface area contributed by atoms with Crippen molar-refractivity contribution in [2.45, 2.75) is 45.7 Å². The van der Waals surface area contributed by atoms with Gasteiger partial charge in [-0.05, 0) is 50.3 Å². The molecule has 0 aliphatic rings.